The highest BCUT2D eigenvalue weighted by Gasteiger charge is 2.33. The van der Waals surface area contributed by atoms with Gasteiger partial charge in [-0.05, 0) is 30.1 Å². The summed E-state index contributed by atoms with van der Waals surface area (Å²) in [7, 11) is 0. The molecule has 1 aliphatic rings. The van der Waals surface area contributed by atoms with Crippen molar-refractivity contribution in [2.45, 2.75) is 59.8 Å². The first-order valence-electron chi connectivity index (χ1n) is 5.58. The van der Waals surface area contributed by atoms with Crippen LogP contribution in [0.5, 0.6) is 0 Å². The molecule has 12 heavy (non-hydrogen) atoms. The summed E-state index contributed by atoms with van der Waals surface area (Å²) < 4.78 is 0. The molecule has 0 heterocycles. The van der Waals surface area contributed by atoms with Crippen molar-refractivity contribution in [3.8, 4) is 0 Å². The van der Waals surface area contributed by atoms with Crippen LogP contribution in [0.2, 0.25) is 0 Å². The van der Waals surface area contributed by atoms with E-state index in [-0.39, 0.29) is 0 Å². The van der Waals surface area contributed by atoms with Crippen LogP contribution in [0, 0.1) is 17.3 Å². The van der Waals surface area contributed by atoms with Crippen molar-refractivity contribution in [2.75, 3.05) is 0 Å². The third-order valence-electron chi connectivity index (χ3n) is 4.22. The smallest absolute Gasteiger partial charge is 0.0300 e. The van der Waals surface area contributed by atoms with E-state index in [9.17, 15) is 0 Å². The van der Waals surface area contributed by atoms with Gasteiger partial charge in [0.05, 0.1) is 0 Å². The molecule has 1 rings (SSSR count). The summed E-state index contributed by atoms with van der Waals surface area (Å²) in [6.45, 7) is 9.65. The molecular weight excluding hydrogens is 144 g/mol. The fourth-order valence-corrected chi connectivity index (χ4v) is 2.41. The minimum Gasteiger partial charge on any atom is -0.0651 e. The molecule has 0 aromatic heterocycles. The summed E-state index contributed by atoms with van der Waals surface area (Å²) in [5.41, 5.74) is 0.668. The fraction of sp³-hybridized carbons (Fsp3) is 1.00. The SMILES string of the molecule is CCC(C)C1(C)CCC(C)CC1. The van der Waals surface area contributed by atoms with Crippen molar-refractivity contribution in [1.29, 1.82) is 0 Å². The lowest BCUT2D eigenvalue weighted by Crippen LogP contribution is -2.29. The van der Waals surface area contributed by atoms with E-state index in [4.69, 9.17) is 0 Å². The van der Waals surface area contributed by atoms with Crippen LogP contribution in [-0.4, -0.2) is 0 Å². The van der Waals surface area contributed by atoms with Gasteiger partial charge in [0.2, 0.25) is 0 Å². The van der Waals surface area contributed by atoms with Crippen LogP contribution in [0.4, 0.5) is 0 Å². The summed E-state index contributed by atoms with van der Waals surface area (Å²) in [5, 5.41) is 0. The second kappa shape index (κ2) is 3.81. The Hall–Kier alpha value is 0. The van der Waals surface area contributed by atoms with Crippen molar-refractivity contribution in [3.05, 3.63) is 0 Å². The van der Waals surface area contributed by atoms with Gasteiger partial charge in [0.25, 0.3) is 0 Å². The maximum atomic E-state index is 2.49. The standard InChI is InChI=1S/C12H24/c1-5-11(3)12(4)8-6-10(2)7-9-12/h10-11H,5-9H2,1-4H3. The predicted molar refractivity (Wildman–Crippen MR) is 55.2 cm³/mol. The Morgan fingerprint density at radius 2 is 1.83 bits per heavy atom. The second-order valence-corrected chi connectivity index (χ2v) is 5.15. The average molecular weight is 168 g/mol. The van der Waals surface area contributed by atoms with Crippen LogP contribution < -0.4 is 0 Å². The highest BCUT2D eigenvalue weighted by Crippen LogP contribution is 2.44. The molecule has 0 N–H and O–H groups in total. The van der Waals surface area contributed by atoms with Gasteiger partial charge in [0.1, 0.15) is 0 Å². The lowest BCUT2D eigenvalue weighted by atomic mass is 9.65. The first-order chi connectivity index (χ1) is 5.58. The van der Waals surface area contributed by atoms with Crippen LogP contribution >= 0.6 is 0 Å². The molecule has 0 aliphatic heterocycles. The molecule has 0 saturated heterocycles. The fourth-order valence-electron chi connectivity index (χ4n) is 2.41. The molecule has 72 valence electrons. The topological polar surface area (TPSA) is 0 Å². The second-order valence-electron chi connectivity index (χ2n) is 5.15. The summed E-state index contributed by atoms with van der Waals surface area (Å²) in [6, 6.07) is 0. The predicted octanol–water partition coefficient (Wildman–Crippen LogP) is 4.25. The van der Waals surface area contributed by atoms with Gasteiger partial charge in [0.15, 0.2) is 0 Å². The molecule has 0 amide bonds. The number of rotatable bonds is 2. The average Bonchev–Trinajstić information content (AvgIpc) is 2.09. The zero-order valence-electron chi connectivity index (χ0n) is 9.19. The van der Waals surface area contributed by atoms with Crippen LogP contribution in [0.1, 0.15) is 59.8 Å². The van der Waals surface area contributed by atoms with Crippen molar-refractivity contribution in [3.63, 3.8) is 0 Å². The Morgan fingerprint density at radius 1 is 1.33 bits per heavy atom. The van der Waals surface area contributed by atoms with Crippen LogP contribution in [0.25, 0.3) is 0 Å². The molecule has 1 saturated carbocycles. The van der Waals surface area contributed by atoms with Crippen LogP contribution in [0.15, 0.2) is 0 Å². The molecule has 1 unspecified atom stereocenters. The minimum atomic E-state index is 0.668. The maximum Gasteiger partial charge on any atom is -0.0300 e. The Kier molecular flexibility index (Phi) is 3.20. The van der Waals surface area contributed by atoms with Crippen LogP contribution in [0.3, 0.4) is 0 Å². The molecule has 1 aliphatic carbocycles. The highest BCUT2D eigenvalue weighted by molar-refractivity contribution is 4.84. The molecule has 0 aromatic carbocycles. The first-order valence-corrected chi connectivity index (χ1v) is 5.58. The maximum absolute atomic E-state index is 2.49. The highest BCUT2D eigenvalue weighted by atomic mass is 14.4. The molecular formula is C12H24. The largest absolute Gasteiger partial charge is 0.0651 e. The van der Waals surface area contributed by atoms with Gasteiger partial charge in [-0.3, -0.25) is 0 Å². The molecule has 0 heteroatoms. The summed E-state index contributed by atoms with van der Waals surface area (Å²) in [5.74, 6) is 1.91. The Labute approximate surface area is 77.7 Å². The summed E-state index contributed by atoms with van der Waals surface area (Å²) in [4.78, 5) is 0. The van der Waals surface area contributed by atoms with Gasteiger partial charge in [-0.1, -0.05) is 47.0 Å². The Bertz CT molecular complexity index is 129. The van der Waals surface area contributed by atoms with E-state index in [0.717, 1.165) is 11.8 Å². The van der Waals surface area contributed by atoms with Gasteiger partial charge in [-0.25, -0.2) is 0 Å². The molecule has 0 radical (unpaired) electrons. The summed E-state index contributed by atoms with van der Waals surface area (Å²) >= 11 is 0. The zero-order valence-corrected chi connectivity index (χ0v) is 9.19. The Morgan fingerprint density at radius 3 is 2.25 bits per heavy atom. The van der Waals surface area contributed by atoms with Gasteiger partial charge in [-0.2, -0.15) is 0 Å². The lowest BCUT2D eigenvalue weighted by Gasteiger charge is -2.41. The van der Waals surface area contributed by atoms with E-state index >= 15 is 0 Å². The monoisotopic (exact) mass is 168 g/mol. The lowest BCUT2D eigenvalue weighted by molar-refractivity contribution is 0.104. The number of hydrogen-bond acceptors (Lipinski definition) is 0. The third-order valence-corrected chi connectivity index (χ3v) is 4.22. The van der Waals surface area contributed by atoms with E-state index in [1.54, 1.807) is 0 Å². The normalized spacial score (nSPS) is 39.5. The van der Waals surface area contributed by atoms with Gasteiger partial charge >= 0.3 is 0 Å². The molecule has 0 nitrogen and oxygen atoms in total. The van der Waals surface area contributed by atoms with Gasteiger partial charge in [0, 0.05) is 0 Å². The van der Waals surface area contributed by atoms with E-state index in [2.05, 4.69) is 27.7 Å². The number of hydrogen-bond donors (Lipinski definition) is 0. The quantitative estimate of drug-likeness (QED) is 0.578. The van der Waals surface area contributed by atoms with E-state index in [1.165, 1.54) is 32.1 Å². The summed E-state index contributed by atoms with van der Waals surface area (Å²) in [6.07, 6.45) is 7.19. The minimum absolute atomic E-state index is 0.668. The van der Waals surface area contributed by atoms with Gasteiger partial charge < -0.3 is 0 Å². The van der Waals surface area contributed by atoms with Crippen molar-refractivity contribution in [2.24, 2.45) is 17.3 Å². The van der Waals surface area contributed by atoms with Gasteiger partial charge in [-0.15, -0.1) is 0 Å². The van der Waals surface area contributed by atoms with E-state index in [0.29, 0.717) is 5.41 Å². The molecule has 0 bridgehead atoms. The Balaban J connectivity index is 2.49. The van der Waals surface area contributed by atoms with Crippen LogP contribution in [-0.2, 0) is 0 Å². The zero-order chi connectivity index (χ0) is 9.19. The third kappa shape index (κ3) is 2.02. The molecule has 0 aromatic rings. The molecule has 1 fully saturated rings. The van der Waals surface area contributed by atoms with E-state index < -0.39 is 0 Å². The van der Waals surface area contributed by atoms with Crippen molar-refractivity contribution < 1.29 is 0 Å². The molecule has 1 atom stereocenters. The van der Waals surface area contributed by atoms with Crippen molar-refractivity contribution in [1.82, 2.24) is 0 Å². The van der Waals surface area contributed by atoms with Crippen molar-refractivity contribution >= 4 is 0 Å². The first kappa shape index (κ1) is 10.1. The molecule has 0 spiro atoms. The van der Waals surface area contributed by atoms with E-state index in [1.807, 2.05) is 0 Å².